The highest BCUT2D eigenvalue weighted by Crippen LogP contribution is 2.22. The zero-order valence-electron chi connectivity index (χ0n) is 11.1. The first kappa shape index (κ1) is 13.1. The number of rotatable bonds is 5. The Bertz CT molecular complexity index is 521. The van der Waals surface area contributed by atoms with Gasteiger partial charge in [-0.25, -0.2) is 9.50 Å². The quantitative estimate of drug-likeness (QED) is 0.781. The maximum atomic E-state index is 5.84. The lowest BCUT2D eigenvalue weighted by molar-refractivity contribution is 0.783. The van der Waals surface area contributed by atoms with Gasteiger partial charge in [0.1, 0.15) is 5.52 Å². The summed E-state index contributed by atoms with van der Waals surface area (Å²) in [6, 6.07) is 2.11. The van der Waals surface area contributed by atoms with Crippen LogP contribution in [0.3, 0.4) is 0 Å². The predicted octanol–water partition coefficient (Wildman–Crippen LogP) is 2.92. The third kappa shape index (κ3) is 2.43. The van der Waals surface area contributed by atoms with Gasteiger partial charge in [-0.2, -0.15) is 5.10 Å². The molecule has 0 amide bonds. The first-order chi connectivity index (χ1) is 8.67. The van der Waals surface area contributed by atoms with Crippen molar-refractivity contribution in [3.63, 3.8) is 0 Å². The lowest BCUT2D eigenvalue weighted by Gasteiger charge is -2.21. The van der Waals surface area contributed by atoms with Crippen LogP contribution in [0.1, 0.15) is 32.4 Å². The molecule has 0 saturated carbocycles. The maximum absolute atomic E-state index is 5.84. The Morgan fingerprint density at radius 1 is 1.44 bits per heavy atom. The molecule has 2 aromatic rings. The van der Waals surface area contributed by atoms with Crippen molar-refractivity contribution < 1.29 is 0 Å². The van der Waals surface area contributed by atoms with Crippen molar-refractivity contribution in [2.24, 2.45) is 0 Å². The van der Waals surface area contributed by atoms with Crippen LogP contribution < -0.4 is 4.90 Å². The van der Waals surface area contributed by atoms with Gasteiger partial charge in [0.05, 0.1) is 5.69 Å². The van der Waals surface area contributed by atoms with E-state index in [0.717, 1.165) is 30.1 Å². The molecule has 0 fully saturated rings. The van der Waals surface area contributed by atoms with E-state index >= 15 is 0 Å². The van der Waals surface area contributed by atoms with Gasteiger partial charge in [0.2, 0.25) is 0 Å². The first-order valence-electron chi connectivity index (χ1n) is 6.32. The van der Waals surface area contributed by atoms with Gasteiger partial charge in [-0.15, -0.1) is 11.6 Å². The molecule has 0 aromatic carbocycles. The molecule has 0 aliphatic carbocycles. The highest BCUT2D eigenvalue weighted by atomic mass is 35.5. The summed E-state index contributed by atoms with van der Waals surface area (Å²) >= 11 is 5.84. The number of hydrogen-bond acceptors (Lipinski definition) is 3. The third-order valence-electron chi connectivity index (χ3n) is 3.02. The van der Waals surface area contributed by atoms with Gasteiger partial charge in [0.15, 0.2) is 5.82 Å². The SMILES string of the molecule is CCN(CCCl)c1nccn2nc(C(C)C)cc12. The van der Waals surface area contributed by atoms with E-state index in [9.17, 15) is 0 Å². The Hall–Kier alpha value is -1.29. The number of alkyl halides is 1. The Morgan fingerprint density at radius 3 is 2.83 bits per heavy atom. The Balaban J connectivity index is 2.49. The molecule has 2 aromatic heterocycles. The molecule has 0 saturated heterocycles. The zero-order valence-corrected chi connectivity index (χ0v) is 11.9. The second-order valence-corrected chi connectivity index (χ2v) is 4.95. The van der Waals surface area contributed by atoms with Gasteiger partial charge in [0, 0.05) is 31.4 Å². The van der Waals surface area contributed by atoms with E-state index in [1.54, 1.807) is 6.20 Å². The molecule has 18 heavy (non-hydrogen) atoms. The van der Waals surface area contributed by atoms with E-state index in [4.69, 9.17) is 11.6 Å². The summed E-state index contributed by atoms with van der Waals surface area (Å²) < 4.78 is 1.90. The van der Waals surface area contributed by atoms with Crippen molar-refractivity contribution in [3.8, 4) is 0 Å². The van der Waals surface area contributed by atoms with Crippen molar-refractivity contribution in [1.29, 1.82) is 0 Å². The number of nitrogens with zero attached hydrogens (tertiary/aromatic N) is 4. The molecule has 5 heteroatoms. The molecule has 0 N–H and O–H groups in total. The summed E-state index contributed by atoms with van der Waals surface area (Å²) in [7, 11) is 0. The molecule has 4 nitrogen and oxygen atoms in total. The topological polar surface area (TPSA) is 33.4 Å². The molecule has 0 atom stereocenters. The molecular weight excluding hydrogens is 248 g/mol. The summed E-state index contributed by atoms with van der Waals surface area (Å²) in [5.41, 5.74) is 2.14. The fraction of sp³-hybridized carbons (Fsp3) is 0.538. The van der Waals surface area contributed by atoms with Crippen LogP contribution in [0.5, 0.6) is 0 Å². The molecule has 0 radical (unpaired) electrons. The van der Waals surface area contributed by atoms with Crippen LogP contribution in [-0.4, -0.2) is 33.6 Å². The highest BCUT2D eigenvalue weighted by Gasteiger charge is 2.13. The van der Waals surface area contributed by atoms with Crippen LogP contribution in [-0.2, 0) is 0 Å². The van der Waals surface area contributed by atoms with Gasteiger partial charge < -0.3 is 4.90 Å². The molecule has 0 aliphatic heterocycles. The lowest BCUT2D eigenvalue weighted by atomic mass is 10.1. The average Bonchev–Trinajstić information content (AvgIpc) is 2.80. The predicted molar refractivity (Wildman–Crippen MR) is 75.7 cm³/mol. The standard InChI is InChI=1S/C13H19ClN4/c1-4-17(7-5-14)13-12-9-11(10(2)3)16-18(12)8-6-15-13/h6,8-10H,4-5,7H2,1-3H3. The van der Waals surface area contributed by atoms with Crippen LogP contribution in [0.4, 0.5) is 5.82 Å². The molecule has 0 spiro atoms. The van der Waals surface area contributed by atoms with Crippen LogP contribution >= 0.6 is 11.6 Å². The van der Waals surface area contributed by atoms with E-state index in [2.05, 4.69) is 41.8 Å². The monoisotopic (exact) mass is 266 g/mol. The smallest absolute Gasteiger partial charge is 0.154 e. The molecule has 0 aliphatic rings. The number of halogens is 1. The van der Waals surface area contributed by atoms with E-state index in [-0.39, 0.29) is 0 Å². The summed E-state index contributed by atoms with van der Waals surface area (Å²) in [4.78, 5) is 6.65. The lowest BCUT2D eigenvalue weighted by Crippen LogP contribution is -2.26. The van der Waals surface area contributed by atoms with Crippen molar-refractivity contribution in [2.45, 2.75) is 26.7 Å². The van der Waals surface area contributed by atoms with Crippen molar-refractivity contribution >= 4 is 22.9 Å². The fourth-order valence-corrected chi connectivity index (χ4v) is 2.17. The number of anilines is 1. The van der Waals surface area contributed by atoms with E-state index in [1.807, 2.05) is 10.7 Å². The summed E-state index contributed by atoms with van der Waals surface area (Å²) in [6.07, 6.45) is 3.68. The summed E-state index contributed by atoms with van der Waals surface area (Å²) in [5.74, 6) is 1.97. The zero-order chi connectivity index (χ0) is 13.1. The number of fused-ring (bicyclic) bond motifs is 1. The van der Waals surface area contributed by atoms with Crippen LogP contribution in [0.25, 0.3) is 5.52 Å². The van der Waals surface area contributed by atoms with E-state index < -0.39 is 0 Å². The summed E-state index contributed by atoms with van der Waals surface area (Å²) in [6.45, 7) is 8.09. The fourth-order valence-electron chi connectivity index (χ4n) is 1.97. The van der Waals surface area contributed by atoms with Gasteiger partial charge in [-0.1, -0.05) is 13.8 Å². The average molecular weight is 267 g/mol. The maximum Gasteiger partial charge on any atom is 0.154 e. The van der Waals surface area contributed by atoms with Crippen LogP contribution in [0.15, 0.2) is 18.5 Å². The van der Waals surface area contributed by atoms with Gasteiger partial charge in [0.25, 0.3) is 0 Å². The Kier molecular flexibility index (Phi) is 4.07. The Morgan fingerprint density at radius 2 is 2.22 bits per heavy atom. The minimum atomic E-state index is 0.417. The molecule has 0 bridgehead atoms. The molecular formula is C13H19ClN4. The van der Waals surface area contributed by atoms with Gasteiger partial charge in [-0.05, 0) is 18.9 Å². The largest absolute Gasteiger partial charge is 0.354 e. The first-order valence-corrected chi connectivity index (χ1v) is 6.86. The number of aromatic nitrogens is 3. The second kappa shape index (κ2) is 5.57. The minimum absolute atomic E-state index is 0.417. The van der Waals surface area contributed by atoms with Crippen molar-refractivity contribution in [1.82, 2.24) is 14.6 Å². The molecule has 2 rings (SSSR count). The second-order valence-electron chi connectivity index (χ2n) is 4.57. The third-order valence-corrected chi connectivity index (χ3v) is 3.18. The van der Waals surface area contributed by atoms with E-state index in [1.165, 1.54) is 0 Å². The van der Waals surface area contributed by atoms with Crippen LogP contribution in [0, 0.1) is 0 Å². The number of hydrogen-bond donors (Lipinski definition) is 0. The molecule has 0 unspecified atom stereocenters. The normalized spacial score (nSPS) is 11.4. The molecule has 2 heterocycles. The summed E-state index contributed by atoms with van der Waals surface area (Å²) in [5, 5.41) is 4.57. The van der Waals surface area contributed by atoms with Crippen LogP contribution in [0.2, 0.25) is 0 Å². The van der Waals surface area contributed by atoms with Gasteiger partial charge >= 0.3 is 0 Å². The highest BCUT2D eigenvalue weighted by molar-refractivity contribution is 6.18. The molecule has 98 valence electrons. The minimum Gasteiger partial charge on any atom is -0.354 e. The van der Waals surface area contributed by atoms with Gasteiger partial charge in [-0.3, -0.25) is 0 Å². The Labute approximate surface area is 113 Å². The van der Waals surface area contributed by atoms with Crippen molar-refractivity contribution in [3.05, 3.63) is 24.2 Å². The van der Waals surface area contributed by atoms with E-state index in [0.29, 0.717) is 11.8 Å². The van der Waals surface area contributed by atoms with Crippen molar-refractivity contribution in [2.75, 3.05) is 23.9 Å².